The van der Waals surface area contributed by atoms with Gasteiger partial charge in [0.05, 0.1) is 12.3 Å². The quantitative estimate of drug-likeness (QED) is 0.398. The first-order chi connectivity index (χ1) is 15.3. The van der Waals surface area contributed by atoms with E-state index < -0.39 is 0 Å². The minimum atomic E-state index is -0.120. The number of imidazole rings is 1. The number of fused-ring (bicyclic) bond motifs is 1. The molecule has 0 spiro atoms. The Morgan fingerprint density at radius 3 is 2.31 bits per heavy atom. The third-order valence-corrected chi connectivity index (χ3v) is 5.26. The van der Waals surface area contributed by atoms with Crippen molar-refractivity contribution in [2.24, 2.45) is 0 Å². The van der Waals surface area contributed by atoms with Crippen LogP contribution in [0.15, 0.2) is 72.9 Å². The lowest BCUT2D eigenvalue weighted by Crippen LogP contribution is -2.26. The van der Waals surface area contributed by atoms with Crippen molar-refractivity contribution in [2.45, 2.75) is 32.7 Å². The van der Waals surface area contributed by atoms with Gasteiger partial charge in [-0.1, -0.05) is 42.5 Å². The molecule has 0 aliphatic heterocycles. The molecule has 0 bridgehead atoms. The topological polar surface area (TPSA) is 41.8 Å². The molecule has 166 valence electrons. The summed E-state index contributed by atoms with van der Waals surface area (Å²) in [5.41, 5.74) is 5.27. The van der Waals surface area contributed by atoms with Crippen LogP contribution in [0.5, 0.6) is 5.75 Å². The van der Waals surface area contributed by atoms with Crippen LogP contribution in [0.4, 0.5) is 11.5 Å². The maximum absolute atomic E-state index is 6.19. The molecule has 4 aromatic rings. The number of hydrogen-bond acceptors (Lipinski definition) is 4. The molecule has 0 aliphatic rings. The highest BCUT2D eigenvalue weighted by atomic mass is 16.5. The summed E-state index contributed by atoms with van der Waals surface area (Å²) in [4.78, 5) is 7.08. The Hall–Kier alpha value is -3.47. The molecule has 2 aromatic heterocycles. The lowest BCUT2D eigenvalue weighted by Gasteiger charge is -2.21. The molecule has 2 aromatic carbocycles. The minimum Gasteiger partial charge on any atom is -0.489 e. The van der Waals surface area contributed by atoms with E-state index >= 15 is 0 Å². The van der Waals surface area contributed by atoms with Crippen molar-refractivity contribution in [3.05, 3.63) is 78.5 Å². The van der Waals surface area contributed by atoms with E-state index in [4.69, 9.17) is 9.72 Å². The highest BCUT2D eigenvalue weighted by molar-refractivity contribution is 5.79. The number of rotatable bonds is 7. The van der Waals surface area contributed by atoms with Gasteiger partial charge in [0, 0.05) is 43.5 Å². The summed E-state index contributed by atoms with van der Waals surface area (Å²) in [6.07, 6.45) is 2.91. The third-order valence-electron chi connectivity index (χ3n) is 5.26. The smallest absolute Gasteiger partial charge is 0.182 e. The molecule has 4 rings (SSSR count). The number of hydrogen-bond donors (Lipinski definition) is 1. The van der Waals surface area contributed by atoms with E-state index in [1.807, 2.05) is 18.2 Å². The van der Waals surface area contributed by atoms with Crippen LogP contribution < -0.4 is 15.0 Å². The fraction of sp³-hybridized carbons (Fsp3) is 0.296. The minimum absolute atomic E-state index is 0.120. The fourth-order valence-electron chi connectivity index (χ4n) is 3.71. The van der Waals surface area contributed by atoms with Crippen LogP contribution in [-0.2, 0) is 6.42 Å². The molecule has 0 amide bonds. The Morgan fingerprint density at radius 2 is 1.66 bits per heavy atom. The monoisotopic (exact) mass is 428 g/mol. The van der Waals surface area contributed by atoms with E-state index in [0.717, 1.165) is 40.6 Å². The van der Waals surface area contributed by atoms with Crippen molar-refractivity contribution >= 4 is 17.2 Å². The number of pyridine rings is 1. The van der Waals surface area contributed by atoms with Crippen molar-refractivity contribution < 1.29 is 4.74 Å². The van der Waals surface area contributed by atoms with E-state index in [9.17, 15) is 0 Å². The largest absolute Gasteiger partial charge is 0.489 e. The zero-order valence-corrected chi connectivity index (χ0v) is 19.6. The standard InChI is InChI=1S/C27H32N4O/c1-27(2,3)29-25-24(21-13-15-22(16-14-21)30(4)5)31-18-9-12-23(26(31)28-25)32-19-17-20-10-7-6-8-11-20/h6-16,18,29H,17,19H2,1-5H3. The highest BCUT2D eigenvalue weighted by Gasteiger charge is 2.21. The van der Waals surface area contributed by atoms with E-state index in [1.54, 1.807) is 0 Å². The summed E-state index contributed by atoms with van der Waals surface area (Å²) < 4.78 is 8.31. The molecule has 5 heteroatoms. The average molecular weight is 429 g/mol. The number of nitrogens with zero attached hydrogens (tertiary/aromatic N) is 3. The highest BCUT2D eigenvalue weighted by Crippen LogP contribution is 2.34. The van der Waals surface area contributed by atoms with Crippen LogP contribution in [0.1, 0.15) is 26.3 Å². The Labute approximate surface area is 190 Å². The molecule has 1 N–H and O–H groups in total. The third kappa shape index (κ3) is 4.88. The Balaban J connectivity index is 1.71. The Kier molecular flexibility index (Phi) is 6.08. The first-order valence-corrected chi connectivity index (χ1v) is 11.1. The number of aromatic nitrogens is 2. The van der Waals surface area contributed by atoms with Gasteiger partial charge in [0.25, 0.3) is 0 Å². The molecular formula is C27H32N4O. The summed E-state index contributed by atoms with van der Waals surface area (Å²) in [7, 11) is 4.10. The second-order valence-electron chi connectivity index (χ2n) is 9.28. The van der Waals surface area contributed by atoms with Crippen molar-refractivity contribution in [2.75, 3.05) is 30.9 Å². The molecule has 0 unspecified atom stereocenters. The number of ether oxygens (including phenoxy) is 1. The Morgan fingerprint density at radius 1 is 0.938 bits per heavy atom. The SMILES string of the molecule is CN(C)c1ccc(-c2c(NC(C)(C)C)nc3c(OCCc4ccccc4)cccn23)cc1. The molecule has 0 fully saturated rings. The van der Waals surface area contributed by atoms with Gasteiger partial charge in [-0.25, -0.2) is 4.98 Å². The molecule has 2 heterocycles. The zero-order chi connectivity index (χ0) is 22.7. The first kappa shape index (κ1) is 21.8. The van der Waals surface area contributed by atoms with E-state index in [1.165, 1.54) is 5.56 Å². The van der Waals surface area contributed by atoms with Crippen molar-refractivity contribution in [3.8, 4) is 17.0 Å². The lowest BCUT2D eigenvalue weighted by atomic mass is 10.1. The van der Waals surface area contributed by atoms with Crippen LogP contribution in [0.2, 0.25) is 0 Å². The van der Waals surface area contributed by atoms with Crippen molar-refractivity contribution in [1.82, 2.24) is 9.38 Å². The van der Waals surface area contributed by atoms with E-state index in [-0.39, 0.29) is 5.54 Å². The van der Waals surface area contributed by atoms with Crippen LogP contribution in [0.25, 0.3) is 16.9 Å². The van der Waals surface area contributed by atoms with Gasteiger partial charge < -0.3 is 15.0 Å². The summed E-state index contributed by atoms with van der Waals surface area (Å²) in [5.74, 6) is 1.64. The van der Waals surface area contributed by atoms with Gasteiger partial charge in [-0.2, -0.15) is 0 Å². The lowest BCUT2D eigenvalue weighted by molar-refractivity contribution is 0.324. The second kappa shape index (κ2) is 8.95. The normalized spacial score (nSPS) is 11.5. The van der Waals surface area contributed by atoms with Crippen LogP contribution in [0, 0.1) is 0 Å². The number of nitrogens with one attached hydrogen (secondary N) is 1. The average Bonchev–Trinajstić information content (AvgIpc) is 3.11. The van der Waals surface area contributed by atoms with Gasteiger partial charge in [-0.05, 0) is 50.6 Å². The molecule has 0 aliphatic carbocycles. The molecule has 0 atom stereocenters. The molecule has 5 nitrogen and oxygen atoms in total. The molecular weight excluding hydrogens is 396 g/mol. The van der Waals surface area contributed by atoms with Gasteiger partial charge in [-0.3, -0.25) is 4.40 Å². The molecule has 0 saturated heterocycles. The fourth-order valence-corrected chi connectivity index (χ4v) is 3.71. The van der Waals surface area contributed by atoms with E-state index in [0.29, 0.717) is 6.61 Å². The maximum atomic E-state index is 6.19. The summed E-state index contributed by atoms with van der Waals surface area (Å²) in [5, 5.41) is 3.59. The van der Waals surface area contributed by atoms with E-state index in [2.05, 4.69) is 104 Å². The molecule has 0 radical (unpaired) electrons. The summed E-state index contributed by atoms with van der Waals surface area (Å²) >= 11 is 0. The van der Waals surface area contributed by atoms with Crippen molar-refractivity contribution in [3.63, 3.8) is 0 Å². The predicted molar refractivity (Wildman–Crippen MR) is 134 cm³/mol. The van der Waals surface area contributed by atoms with Gasteiger partial charge in [-0.15, -0.1) is 0 Å². The van der Waals surface area contributed by atoms with Crippen LogP contribution >= 0.6 is 0 Å². The second-order valence-corrected chi connectivity index (χ2v) is 9.28. The van der Waals surface area contributed by atoms with Gasteiger partial charge in [0.1, 0.15) is 0 Å². The van der Waals surface area contributed by atoms with Gasteiger partial charge >= 0.3 is 0 Å². The van der Waals surface area contributed by atoms with Gasteiger partial charge in [0.15, 0.2) is 17.2 Å². The summed E-state index contributed by atoms with van der Waals surface area (Å²) in [6, 6.07) is 23.0. The first-order valence-electron chi connectivity index (χ1n) is 11.1. The number of benzene rings is 2. The predicted octanol–water partition coefficient (Wildman–Crippen LogP) is 5.90. The van der Waals surface area contributed by atoms with Crippen LogP contribution in [0.3, 0.4) is 0 Å². The zero-order valence-electron chi connectivity index (χ0n) is 19.6. The summed E-state index contributed by atoms with van der Waals surface area (Å²) in [6.45, 7) is 7.04. The van der Waals surface area contributed by atoms with Crippen molar-refractivity contribution in [1.29, 1.82) is 0 Å². The Bertz CT molecular complexity index is 1170. The molecule has 0 saturated carbocycles. The van der Waals surface area contributed by atoms with Crippen LogP contribution in [-0.4, -0.2) is 35.6 Å². The van der Waals surface area contributed by atoms with Gasteiger partial charge in [0.2, 0.25) is 0 Å². The number of anilines is 2. The molecule has 32 heavy (non-hydrogen) atoms. The maximum Gasteiger partial charge on any atom is 0.182 e.